The largest absolute Gasteiger partial charge is 0.379 e. The van der Waals surface area contributed by atoms with Gasteiger partial charge in [-0.3, -0.25) is 9.71 Å². The molecule has 0 saturated heterocycles. The first kappa shape index (κ1) is 17.9. The highest BCUT2D eigenvalue weighted by atomic mass is 32.2. The zero-order valence-corrected chi connectivity index (χ0v) is 15.9. The summed E-state index contributed by atoms with van der Waals surface area (Å²) in [5, 5.41) is 7.48. The molecule has 0 aliphatic carbocycles. The SMILES string of the molecule is CCn1c(-c2nonc2N)nc2cncc(-c3ccc(NS(C)(=O)=O)cc3)c21. The maximum Gasteiger partial charge on any atom is 0.229 e. The van der Waals surface area contributed by atoms with Gasteiger partial charge in [-0.15, -0.1) is 0 Å². The Balaban J connectivity index is 1.86. The summed E-state index contributed by atoms with van der Waals surface area (Å²) >= 11 is 0. The Morgan fingerprint density at radius 3 is 2.54 bits per heavy atom. The average molecular weight is 399 g/mol. The van der Waals surface area contributed by atoms with E-state index in [1.165, 1.54) is 0 Å². The summed E-state index contributed by atoms with van der Waals surface area (Å²) in [7, 11) is -3.34. The summed E-state index contributed by atoms with van der Waals surface area (Å²) in [6.07, 6.45) is 4.51. The molecule has 0 saturated carbocycles. The van der Waals surface area contributed by atoms with E-state index in [4.69, 9.17) is 10.4 Å². The number of anilines is 2. The topological polar surface area (TPSA) is 142 Å². The molecule has 0 atom stereocenters. The number of nitrogens with two attached hydrogens (primary N) is 1. The van der Waals surface area contributed by atoms with Crippen molar-refractivity contribution in [3.8, 4) is 22.6 Å². The lowest BCUT2D eigenvalue weighted by Crippen LogP contribution is -2.09. The van der Waals surface area contributed by atoms with E-state index in [9.17, 15) is 8.42 Å². The van der Waals surface area contributed by atoms with Crippen LogP contribution in [-0.4, -0.2) is 39.5 Å². The molecule has 3 aromatic heterocycles. The Labute approximate surface area is 160 Å². The minimum absolute atomic E-state index is 0.163. The van der Waals surface area contributed by atoms with Gasteiger partial charge in [0.25, 0.3) is 0 Å². The third kappa shape index (κ3) is 3.16. The zero-order valence-electron chi connectivity index (χ0n) is 15.1. The van der Waals surface area contributed by atoms with Gasteiger partial charge in [0, 0.05) is 24.0 Å². The third-order valence-electron chi connectivity index (χ3n) is 4.19. The molecule has 11 heteroatoms. The van der Waals surface area contributed by atoms with Gasteiger partial charge in [-0.05, 0) is 34.9 Å². The van der Waals surface area contributed by atoms with E-state index in [1.807, 2.05) is 23.6 Å². The summed E-state index contributed by atoms with van der Waals surface area (Å²) in [5.41, 5.74) is 9.95. The first-order valence-corrected chi connectivity index (χ1v) is 10.3. The molecule has 0 amide bonds. The van der Waals surface area contributed by atoms with Gasteiger partial charge in [-0.25, -0.2) is 18.0 Å². The molecule has 10 nitrogen and oxygen atoms in total. The maximum atomic E-state index is 11.4. The second-order valence-corrected chi connectivity index (χ2v) is 7.93. The third-order valence-corrected chi connectivity index (χ3v) is 4.80. The molecule has 0 unspecified atom stereocenters. The van der Waals surface area contributed by atoms with Crippen molar-refractivity contribution in [2.24, 2.45) is 0 Å². The molecule has 4 aromatic rings. The lowest BCUT2D eigenvalue weighted by Gasteiger charge is -2.09. The lowest BCUT2D eigenvalue weighted by atomic mass is 10.1. The molecular formula is C17H17N7O3S. The van der Waals surface area contributed by atoms with Crippen LogP contribution in [0.1, 0.15) is 6.92 Å². The second kappa shape index (κ2) is 6.60. The summed E-state index contributed by atoms with van der Waals surface area (Å²) in [6.45, 7) is 2.60. The minimum Gasteiger partial charge on any atom is -0.379 e. The molecule has 1 aromatic carbocycles. The minimum atomic E-state index is -3.34. The fourth-order valence-electron chi connectivity index (χ4n) is 3.07. The van der Waals surface area contributed by atoms with Crippen molar-refractivity contribution < 1.29 is 13.0 Å². The van der Waals surface area contributed by atoms with Gasteiger partial charge in [0.2, 0.25) is 10.0 Å². The molecule has 0 aliphatic rings. The van der Waals surface area contributed by atoms with Crippen LogP contribution in [0.25, 0.3) is 33.7 Å². The molecule has 0 aliphatic heterocycles. The molecule has 144 valence electrons. The van der Waals surface area contributed by atoms with E-state index in [-0.39, 0.29) is 5.82 Å². The predicted molar refractivity (Wildman–Crippen MR) is 105 cm³/mol. The zero-order chi connectivity index (χ0) is 19.9. The second-order valence-electron chi connectivity index (χ2n) is 6.18. The van der Waals surface area contributed by atoms with Crippen LogP contribution in [0.5, 0.6) is 0 Å². The van der Waals surface area contributed by atoms with E-state index in [2.05, 4.69) is 25.0 Å². The number of benzene rings is 1. The highest BCUT2D eigenvalue weighted by Gasteiger charge is 2.20. The Hall–Kier alpha value is -3.47. The highest BCUT2D eigenvalue weighted by Crippen LogP contribution is 2.33. The number of aromatic nitrogens is 5. The number of fused-ring (bicyclic) bond motifs is 1. The highest BCUT2D eigenvalue weighted by molar-refractivity contribution is 7.92. The summed E-state index contributed by atoms with van der Waals surface area (Å²) in [4.78, 5) is 8.89. The Kier molecular flexibility index (Phi) is 4.23. The van der Waals surface area contributed by atoms with Gasteiger partial charge in [0.1, 0.15) is 5.52 Å². The molecule has 3 heterocycles. The van der Waals surface area contributed by atoms with E-state index in [1.54, 1.807) is 24.5 Å². The number of pyridine rings is 1. The molecule has 4 rings (SSSR count). The van der Waals surface area contributed by atoms with Crippen LogP contribution < -0.4 is 10.5 Å². The summed E-state index contributed by atoms with van der Waals surface area (Å²) in [6, 6.07) is 7.04. The van der Waals surface area contributed by atoms with Gasteiger partial charge in [0.15, 0.2) is 17.3 Å². The Bertz CT molecular complexity index is 1260. The van der Waals surface area contributed by atoms with Gasteiger partial charge in [-0.1, -0.05) is 12.1 Å². The van der Waals surface area contributed by atoms with Crippen molar-refractivity contribution in [1.29, 1.82) is 0 Å². The number of nitrogen functional groups attached to an aromatic ring is 1. The quantitative estimate of drug-likeness (QED) is 0.520. The predicted octanol–water partition coefficient (Wildman–Crippen LogP) is 2.12. The number of nitrogens with zero attached hydrogens (tertiary/aromatic N) is 5. The number of imidazole rings is 1. The number of hydrogen-bond acceptors (Lipinski definition) is 8. The van der Waals surface area contributed by atoms with E-state index in [0.29, 0.717) is 29.3 Å². The van der Waals surface area contributed by atoms with Gasteiger partial charge >= 0.3 is 0 Å². The van der Waals surface area contributed by atoms with E-state index < -0.39 is 10.0 Å². The standard InChI is InChI=1S/C17H17N7O3S/c1-3-24-15-12(10-4-6-11(7-5-10)23-28(2,25)26)8-19-9-13(15)20-17(24)14-16(18)22-27-21-14/h4-9,23H,3H2,1-2H3,(H2,18,22). The molecule has 0 fully saturated rings. The van der Waals surface area contributed by atoms with Gasteiger partial charge in [0.05, 0.1) is 18.0 Å². The van der Waals surface area contributed by atoms with Crippen molar-refractivity contribution in [2.75, 3.05) is 16.7 Å². The van der Waals surface area contributed by atoms with Crippen LogP contribution in [0, 0.1) is 0 Å². The average Bonchev–Trinajstić information content (AvgIpc) is 3.23. The summed E-state index contributed by atoms with van der Waals surface area (Å²) < 4.78 is 31.9. The molecule has 3 N–H and O–H groups in total. The van der Waals surface area contributed by atoms with E-state index in [0.717, 1.165) is 22.9 Å². The normalized spacial score (nSPS) is 11.8. The van der Waals surface area contributed by atoms with Crippen LogP contribution in [0.15, 0.2) is 41.3 Å². The van der Waals surface area contributed by atoms with Crippen molar-refractivity contribution in [3.63, 3.8) is 0 Å². The first-order chi connectivity index (χ1) is 13.4. The van der Waals surface area contributed by atoms with Crippen LogP contribution >= 0.6 is 0 Å². The monoisotopic (exact) mass is 399 g/mol. The molecule has 0 spiro atoms. The fraction of sp³-hybridized carbons (Fsp3) is 0.176. The van der Waals surface area contributed by atoms with Crippen molar-refractivity contribution in [1.82, 2.24) is 24.8 Å². The van der Waals surface area contributed by atoms with Gasteiger partial charge < -0.3 is 10.3 Å². The molecule has 0 radical (unpaired) electrons. The van der Waals surface area contributed by atoms with Crippen LogP contribution in [0.4, 0.5) is 11.5 Å². The van der Waals surface area contributed by atoms with Gasteiger partial charge in [-0.2, -0.15) is 0 Å². The van der Waals surface area contributed by atoms with Crippen molar-refractivity contribution in [2.45, 2.75) is 13.5 Å². The molecule has 28 heavy (non-hydrogen) atoms. The molecular weight excluding hydrogens is 382 g/mol. The lowest BCUT2D eigenvalue weighted by molar-refractivity contribution is 0.310. The first-order valence-electron chi connectivity index (χ1n) is 8.38. The summed E-state index contributed by atoms with van der Waals surface area (Å²) in [5.74, 6) is 0.705. The van der Waals surface area contributed by atoms with Crippen LogP contribution in [0.2, 0.25) is 0 Å². The van der Waals surface area contributed by atoms with Crippen molar-refractivity contribution in [3.05, 3.63) is 36.7 Å². The number of aryl methyl sites for hydroxylation is 1. The Morgan fingerprint density at radius 2 is 1.93 bits per heavy atom. The Morgan fingerprint density at radius 1 is 1.18 bits per heavy atom. The van der Waals surface area contributed by atoms with E-state index >= 15 is 0 Å². The number of rotatable bonds is 5. The van der Waals surface area contributed by atoms with Crippen LogP contribution in [-0.2, 0) is 16.6 Å². The van der Waals surface area contributed by atoms with Crippen molar-refractivity contribution >= 4 is 32.6 Å². The maximum absolute atomic E-state index is 11.4. The number of sulfonamides is 1. The number of hydrogen-bond donors (Lipinski definition) is 2. The molecule has 0 bridgehead atoms. The fourth-order valence-corrected chi connectivity index (χ4v) is 3.64. The number of nitrogens with one attached hydrogen (secondary N) is 1. The van der Waals surface area contributed by atoms with Crippen LogP contribution in [0.3, 0.4) is 0 Å². The smallest absolute Gasteiger partial charge is 0.229 e.